The maximum Gasteiger partial charge on any atom is 0.242 e. The maximum atomic E-state index is 6.06. The molecular weight excluding hydrogens is 256 g/mol. The Balaban J connectivity index is 1.82. The molecule has 0 unspecified atom stereocenters. The summed E-state index contributed by atoms with van der Waals surface area (Å²) in [5, 5.41) is 7.57. The average Bonchev–Trinajstić information content (AvgIpc) is 2.89. The van der Waals surface area contributed by atoms with Crippen LogP contribution >= 0.6 is 0 Å². The Morgan fingerprint density at radius 1 is 1.35 bits per heavy atom. The highest BCUT2D eigenvalue weighted by atomic mass is 16.5. The van der Waals surface area contributed by atoms with Crippen molar-refractivity contribution in [3.63, 3.8) is 0 Å². The predicted molar refractivity (Wildman–Crippen MR) is 76.2 cm³/mol. The average molecular weight is 276 g/mol. The van der Waals surface area contributed by atoms with Gasteiger partial charge in [0.25, 0.3) is 0 Å². The van der Waals surface area contributed by atoms with Gasteiger partial charge >= 0.3 is 0 Å². The number of nitrogens with zero attached hydrogens (tertiary/aromatic N) is 3. The number of nitrogens with two attached hydrogens (primary N) is 1. The van der Waals surface area contributed by atoms with E-state index < -0.39 is 0 Å². The molecule has 108 valence electrons. The van der Waals surface area contributed by atoms with Crippen LogP contribution in [0.4, 0.5) is 5.95 Å². The molecule has 1 fully saturated rings. The predicted octanol–water partition coefficient (Wildman–Crippen LogP) is 1.99. The van der Waals surface area contributed by atoms with Crippen molar-refractivity contribution in [2.24, 2.45) is 11.3 Å². The summed E-state index contributed by atoms with van der Waals surface area (Å²) in [6.45, 7) is 4.61. The van der Waals surface area contributed by atoms with Crippen molar-refractivity contribution in [1.82, 2.24) is 20.2 Å². The van der Waals surface area contributed by atoms with Crippen molar-refractivity contribution in [2.45, 2.75) is 45.6 Å². The molecule has 4 N–H and O–H groups in total. The first kappa shape index (κ1) is 13.1. The summed E-state index contributed by atoms with van der Waals surface area (Å²) >= 11 is 0. The van der Waals surface area contributed by atoms with E-state index in [9.17, 15) is 0 Å². The molecule has 3 rings (SSSR count). The molecule has 0 spiro atoms. The second-order valence-electron chi connectivity index (χ2n) is 6.11. The van der Waals surface area contributed by atoms with E-state index in [1.807, 2.05) is 0 Å². The van der Waals surface area contributed by atoms with E-state index in [1.54, 1.807) is 6.20 Å². The van der Waals surface area contributed by atoms with Gasteiger partial charge in [0.1, 0.15) is 11.5 Å². The fraction of sp³-hybridized carbons (Fsp3) is 0.615. The number of hydrazine groups is 1. The Morgan fingerprint density at radius 3 is 2.80 bits per heavy atom. The zero-order chi connectivity index (χ0) is 14.2. The Hall–Kier alpha value is -1.89. The van der Waals surface area contributed by atoms with E-state index in [0.717, 1.165) is 18.2 Å². The van der Waals surface area contributed by atoms with Crippen LogP contribution in [0.25, 0.3) is 11.0 Å². The molecule has 1 saturated carbocycles. The Kier molecular flexibility index (Phi) is 3.21. The van der Waals surface area contributed by atoms with Gasteiger partial charge in [-0.05, 0) is 31.1 Å². The van der Waals surface area contributed by atoms with Crippen LogP contribution in [0.3, 0.4) is 0 Å². The number of nitrogens with one attached hydrogen (secondary N) is 2. The van der Waals surface area contributed by atoms with Crippen molar-refractivity contribution in [3.8, 4) is 5.88 Å². The molecule has 20 heavy (non-hydrogen) atoms. The number of aromatic amines is 1. The lowest BCUT2D eigenvalue weighted by Gasteiger charge is -2.34. The molecule has 0 saturated heterocycles. The molecule has 1 aliphatic rings. The highest BCUT2D eigenvalue weighted by Gasteiger charge is 2.28. The fourth-order valence-corrected chi connectivity index (χ4v) is 2.61. The van der Waals surface area contributed by atoms with E-state index >= 15 is 0 Å². The van der Waals surface area contributed by atoms with Crippen LogP contribution < -0.4 is 16.0 Å². The van der Waals surface area contributed by atoms with Crippen molar-refractivity contribution in [1.29, 1.82) is 0 Å². The molecule has 2 aromatic heterocycles. The number of aromatic nitrogens is 4. The maximum absolute atomic E-state index is 6.06. The minimum absolute atomic E-state index is 0.196. The first-order chi connectivity index (χ1) is 9.57. The van der Waals surface area contributed by atoms with Crippen molar-refractivity contribution < 1.29 is 4.74 Å². The lowest BCUT2D eigenvalue weighted by Crippen LogP contribution is -2.28. The van der Waals surface area contributed by atoms with Crippen LogP contribution in [-0.2, 0) is 0 Å². The fourth-order valence-electron chi connectivity index (χ4n) is 2.61. The number of hydrogen-bond donors (Lipinski definition) is 3. The van der Waals surface area contributed by atoms with Crippen molar-refractivity contribution >= 4 is 17.0 Å². The van der Waals surface area contributed by atoms with Gasteiger partial charge in [0.05, 0.1) is 6.20 Å². The van der Waals surface area contributed by atoms with Gasteiger partial charge < -0.3 is 4.74 Å². The number of nitrogen functional groups attached to an aromatic ring is 1. The van der Waals surface area contributed by atoms with Crippen LogP contribution in [0, 0.1) is 5.41 Å². The van der Waals surface area contributed by atoms with Gasteiger partial charge in [-0.1, -0.05) is 13.8 Å². The number of ether oxygens (including phenoxy) is 1. The second-order valence-corrected chi connectivity index (χ2v) is 6.11. The highest BCUT2D eigenvalue weighted by molar-refractivity contribution is 5.80. The smallest absolute Gasteiger partial charge is 0.242 e. The molecule has 2 heterocycles. The molecule has 0 aliphatic heterocycles. The van der Waals surface area contributed by atoms with E-state index in [1.165, 1.54) is 12.8 Å². The monoisotopic (exact) mass is 276 g/mol. The van der Waals surface area contributed by atoms with Crippen molar-refractivity contribution in [3.05, 3.63) is 6.20 Å². The second kappa shape index (κ2) is 4.90. The van der Waals surface area contributed by atoms with E-state index in [-0.39, 0.29) is 6.10 Å². The van der Waals surface area contributed by atoms with E-state index in [0.29, 0.717) is 22.9 Å². The lowest BCUT2D eigenvalue weighted by molar-refractivity contribution is 0.0963. The van der Waals surface area contributed by atoms with Crippen LogP contribution in [0.15, 0.2) is 6.20 Å². The number of hydrogen-bond acceptors (Lipinski definition) is 6. The van der Waals surface area contributed by atoms with Gasteiger partial charge in [0, 0.05) is 0 Å². The quantitative estimate of drug-likeness (QED) is 0.585. The zero-order valence-electron chi connectivity index (χ0n) is 11.8. The third kappa shape index (κ3) is 2.53. The summed E-state index contributed by atoms with van der Waals surface area (Å²) in [5.74, 6) is 6.25. The molecular formula is C13H20N6O. The van der Waals surface area contributed by atoms with Crippen LogP contribution in [-0.4, -0.2) is 26.3 Å². The Bertz CT molecular complexity index is 598. The molecule has 0 bridgehead atoms. The van der Waals surface area contributed by atoms with Gasteiger partial charge in [-0.3, -0.25) is 10.5 Å². The molecule has 0 aromatic carbocycles. The summed E-state index contributed by atoms with van der Waals surface area (Å²) in [7, 11) is 0. The van der Waals surface area contributed by atoms with Gasteiger partial charge in [-0.2, -0.15) is 15.1 Å². The minimum Gasteiger partial charge on any atom is -0.474 e. The summed E-state index contributed by atoms with van der Waals surface area (Å²) in [4.78, 5) is 8.48. The topological polar surface area (TPSA) is 102 Å². The summed E-state index contributed by atoms with van der Waals surface area (Å²) in [6.07, 6.45) is 6.29. The highest BCUT2D eigenvalue weighted by Crippen LogP contribution is 2.37. The largest absolute Gasteiger partial charge is 0.474 e. The van der Waals surface area contributed by atoms with Crippen LogP contribution in [0.2, 0.25) is 0 Å². The summed E-state index contributed by atoms with van der Waals surface area (Å²) < 4.78 is 6.06. The Labute approximate surface area is 117 Å². The zero-order valence-corrected chi connectivity index (χ0v) is 11.8. The first-order valence-corrected chi connectivity index (χ1v) is 6.92. The molecule has 2 aromatic rings. The number of H-pyrrole nitrogens is 1. The molecule has 7 heteroatoms. The molecule has 0 radical (unpaired) electrons. The van der Waals surface area contributed by atoms with Gasteiger partial charge in [0.15, 0.2) is 5.65 Å². The third-order valence-electron chi connectivity index (χ3n) is 3.97. The van der Waals surface area contributed by atoms with Gasteiger partial charge in [-0.15, -0.1) is 0 Å². The standard InChI is InChI=1S/C13H20N6O/c1-13(2)5-3-8(4-6-13)20-11-9-7-15-19-10(9)16-12(17-11)18-14/h7-8H,3-6,14H2,1-2H3,(H2,15,16,17,18,19). The third-order valence-corrected chi connectivity index (χ3v) is 3.97. The van der Waals surface area contributed by atoms with Crippen molar-refractivity contribution in [2.75, 3.05) is 5.43 Å². The summed E-state index contributed by atoms with van der Waals surface area (Å²) in [5.41, 5.74) is 3.49. The van der Waals surface area contributed by atoms with E-state index in [2.05, 4.69) is 39.4 Å². The Morgan fingerprint density at radius 2 is 2.10 bits per heavy atom. The van der Waals surface area contributed by atoms with Gasteiger partial charge in [-0.25, -0.2) is 5.84 Å². The molecule has 0 amide bonds. The van der Waals surface area contributed by atoms with E-state index in [4.69, 9.17) is 10.6 Å². The number of anilines is 1. The molecule has 0 atom stereocenters. The lowest BCUT2D eigenvalue weighted by atomic mass is 9.76. The first-order valence-electron chi connectivity index (χ1n) is 6.92. The van der Waals surface area contributed by atoms with Crippen LogP contribution in [0.5, 0.6) is 5.88 Å². The normalized spacial score (nSPS) is 19.1. The van der Waals surface area contributed by atoms with Crippen LogP contribution in [0.1, 0.15) is 39.5 Å². The van der Waals surface area contributed by atoms with Gasteiger partial charge in [0.2, 0.25) is 11.8 Å². The molecule has 1 aliphatic carbocycles. The number of fused-ring (bicyclic) bond motifs is 1. The number of rotatable bonds is 3. The summed E-state index contributed by atoms with van der Waals surface area (Å²) in [6, 6.07) is 0. The SMILES string of the molecule is CC1(C)CCC(Oc2nc(NN)nc3[nH]ncc23)CC1. The molecule has 7 nitrogen and oxygen atoms in total. The minimum atomic E-state index is 0.196.